The third kappa shape index (κ3) is 2.14. The SMILES string of the molecule is C=CC=C1/C(=C\C=C)S(=O)(=O)c2ccccc2[P+]1=O. The molecule has 1 atom stereocenters. The molecule has 1 aliphatic rings. The molecule has 1 aliphatic heterocycles. The maximum atomic E-state index is 12.5. The zero-order valence-electron chi connectivity index (χ0n) is 10.1. The molecule has 1 aromatic carbocycles. The Hall–Kier alpha value is -1.77. The monoisotopic (exact) mass is 291 g/mol. The van der Waals surface area contributed by atoms with Crippen LogP contribution >= 0.6 is 7.80 Å². The highest BCUT2D eigenvalue weighted by molar-refractivity contribution is 7.97. The van der Waals surface area contributed by atoms with Gasteiger partial charge >= 0.3 is 7.80 Å². The van der Waals surface area contributed by atoms with Crippen LogP contribution in [0, 0.1) is 0 Å². The summed E-state index contributed by atoms with van der Waals surface area (Å²) in [6, 6.07) is 6.34. The average molecular weight is 291 g/mol. The number of rotatable bonds is 2. The largest absolute Gasteiger partial charge is 0.418 e. The molecular weight excluding hydrogens is 279 g/mol. The van der Waals surface area contributed by atoms with E-state index in [0.29, 0.717) is 5.30 Å². The van der Waals surface area contributed by atoms with Crippen LogP contribution in [0.1, 0.15) is 0 Å². The smallest absolute Gasteiger partial charge is 0.218 e. The van der Waals surface area contributed by atoms with Crippen molar-refractivity contribution in [1.82, 2.24) is 0 Å². The standard InChI is InChI=1S/C14H12O3PS/c1-3-7-11-13(8-4-2)19(16,17)14-10-6-5-9-12(14)18(11)15/h3-10H,1-2H2/q+1/b11-7?,13-8+. The number of hydrogen-bond donors (Lipinski definition) is 0. The van der Waals surface area contributed by atoms with Crippen LogP contribution < -0.4 is 5.30 Å². The van der Waals surface area contributed by atoms with E-state index in [-0.39, 0.29) is 15.1 Å². The van der Waals surface area contributed by atoms with Gasteiger partial charge in [-0.2, -0.15) is 0 Å². The second kappa shape index (κ2) is 5.08. The lowest BCUT2D eigenvalue weighted by molar-refractivity contribution is 0.591. The Morgan fingerprint density at radius 2 is 1.68 bits per heavy atom. The van der Waals surface area contributed by atoms with Crippen LogP contribution in [0.25, 0.3) is 0 Å². The Morgan fingerprint density at radius 3 is 2.32 bits per heavy atom. The summed E-state index contributed by atoms with van der Waals surface area (Å²) >= 11 is 0. The number of benzene rings is 1. The normalized spacial score (nSPS) is 23.1. The number of fused-ring (bicyclic) bond motifs is 1. The lowest BCUT2D eigenvalue weighted by Crippen LogP contribution is -2.20. The summed E-state index contributed by atoms with van der Waals surface area (Å²) in [7, 11) is -5.60. The maximum absolute atomic E-state index is 12.5. The van der Waals surface area contributed by atoms with Gasteiger partial charge in [0.15, 0.2) is 0 Å². The van der Waals surface area contributed by atoms with Crippen molar-refractivity contribution in [2.24, 2.45) is 0 Å². The topological polar surface area (TPSA) is 51.2 Å². The molecule has 0 radical (unpaired) electrons. The Balaban J connectivity index is 2.89. The van der Waals surface area contributed by atoms with Crippen molar-refractivity contribution in [2.45, 2.75) is 4.90 Å². The molecule has 1 unspecified atom stereocenters. The Bertz CT molecular complexity index is 740. The van der Waals surface area contributed by atoms with E-state index in [0.717, 1.165) is 0 Å². The van der Waals surface area contributed by atoms with E-state index >= 15 is 0 Å². The summed E-state index contributed by atoms with van der Waals surface area (Å²) in [5.41, 5.74) is 0. The van der Waals surface area contributed by atoms with Crippen molar-refractivity contribution in [3.8, 4) is 0 Å². The second-order valence-electron chi connectivity index (χ2n) is 3.82. The fraction of sp³-hybridized carbons (Fsp3) is 0. The molecule has 96 valence electrons. The Labute approximate surface area is 113 Å². The summed E-state index contributed by atoms with van der Waals surface area (Å²) in [4.78, 5) is 0.132. The predicted molar refractivity (Wildman–Crippen MR) is 77.4 cm³/mol. The summed E-state index contributed by atoms with van der Waals surface area (Å²) < 4.78 is 37.5. The van der Waals surface area contributed by atoms with Crippen LogP contribution in [-0.4, -0.2) is 8.42 Å². The molecule has 0 saturated carbocycles. The van der Waals surface area contributed by atoms with E-state index < -0.39 is 17.6 Å². The van der Waals surface area contributed by atoms with Gasteiger partial charge < -0.3 is 0 Å². The molecule has 0 amide bonds. The van der Waals surface area contributed by atoms with Gasteiger partial charge in [-0.25, -0.2) is 8.42 Å². The maximum Gasteiger partial charge on any atom is 0.418 e. The van der Waals surface area contributed by atoms with Crippen molar-refractivity contribution in [3.63, 3.8) is 0 Å². The van der Waals surface area contributed by atoms with Crippen molar-refractivity contribution >= 4 is 22.9 Å². The fourth-order valence-corrected chi connectivity index (χ4v) is 5.83. The quantitative estimate of drug-likeness (QED) is 0.787. The van der Waals surface area contributed by atoms with Gasteiger partial charge in [0.05, 0.1) is 0 Å². The van der Waals surface area contributed by atoms with Gasteiger partial charge in [0.25, 0.3) is 0 Å². The van der Waals surface area contributed by atoms with Gasteiger partial charge in [0.1, 0.15) is 9.80 Å². The molecule has 0 N–H and O–H groups in total. The highest BCUT2D eigenvalue weighted by Crippen LogP contribution is 2.46. The van der Waals surface area contributed by atoms with E-state index in [1.807, 2.05) is 0 Å². The van der Waals surface area contributed by atoms with Crippen LogP contribution in [0.15, 0.2) is 76.8 Å². The van der Waals surface area contributed by atoms with Crippen molar-refractivity contribution in [2.75, 3.05) is 0 Å². The Kier molecular flexibility index (Phi) is 3.65. The third-order valence-corrected chi connectivity index (χ3v) is 6.51. The number of sulfone groups is 1. The van der Waals surface area contributed by atoms with Gasteiger partial charge in [-0.3, -0.25) is 0 Å². The molecule has 19 heavy (non-hydrogen) atoms. The van der Waals surface area contributed by atoms with Crippen LogP contribution in [-0.2, 0) is 14.4 Å². The Morgan fingerprint density at radius 1 is 1.05 bits per heavy atom. The molecule has 3 nitrogen and oxygen atoms in total. The summed E-state index contributed by atoms with van der Waals surface area (Å²) in [5, 5.41) is 0.607. The van der Waals surface area contributed by atoms with E-state index in [4.69, 9.17) is 0 Å². The van der Waals surface area contributed by atoms with Gasteiger partial charge in [0, 0.05) is 0 Å². The molecule has 0 aromatic heterocycles. The lowest BCUT2D eigenvalue weighted by Gasteiger charge is -2.12. The summed E-state index contributed by atoms with van der Waals surface area (Å²) in [6.45, 7) is 7.04. The predicted octanol–water partition coefficient (Wildman–Crippen LogP) is 3.07. The first-order valence-electron chi connectivity index (χ1n) is 5.51. The van der Waals surface area contributed by atoms with Gasteiger partial charge in [0.2, 0.25) is 20.5 Å². The molecule has 1 aromatic rings. The minimum atomic E-state index is -3.66. The molecule has 5 heteroatoms. The van der Waals surface area contributed by atoms with E-state index in [1.165, 1.54) is 30.4 Å². The average Bonchev–Trinajstić information content (AvgIpc) is 2.40. The minimum Gasteiger partial charge on any atom is -0.218 e. The molecule has 0 spiro atoms. The fourth-order valence-electron chi connectivity index (χ4n) is 1.88. The van der Waals surface area contributed by atoms with Crippen molar-refractivity contribution in [1.29, 1.82) is 0 Å². The van der Waals surface area contributed by atoms with E-state index in [1.54, 1.807) is 18.2 Å². The molecule has 2 rings (SSSR count). The van der Waals surface area contributed by atoms with Crippen LogP contribution in [0.4, 0.5) is 0 Å². The first kappa shape index (κ1) is 13.7. The third-order valence-electron chi connectivity index (χ3n) is 2.68. The van der Waals surface area contributed by atoms with Crippen LogP contribution in [0.3, 0.4) is 0 Å². The number of allylic oxidation sites excluding steroid dienone is 5. The molecule has 0 aliphatic carbocycles. The van der Waals surface area contributed by atoms with Crippen molar-refractivity contribution in [3.05, 3.63) is 71.9 Å². The van der Waals surface area contributed by atoms with Crippen molar-refractivity contribution < 1.29 is 13.0 Å². The first-order valence-corrected chi connectivity index (χ1v) is 8.25. The highest BCUT2D eigenvalue weighted by Gasteiger charge is 2.46. The lowest BCUT2D eigenvalue weighted by atomic mass is 10.4. The van der Waals surface area contributed by atoms with Gasteiger partial charge in [-0.15, -0.1) is 0 Å². The number of hydrogen-bond acceptors (Lipinski definition) is 3. The van der Waals surface area contributed by atoms with E-state index in [2.05, 4.69) is 13.2 Å². The van der Waals surface area contributed by atoms with Gasteiger partial charge in [-0.05, 0) is 24.3 Å². The molecule has 0 fully saturated rings. The van der Waals surface area contributed by atoms with Gasteiger partial charge in [-0.1, -0.05) is 42.0 Å². The molecule has 1 heterocycles. The summed E-state index contributed by atoms with van der Waals surface area (Å²) in [5.74, 6) is 0. The zero-order chi connectivity index (χ0) is 14.0. The highest BCUT2D eigenvalue weighted by atomic mass is 32.2. The zero-order valence-corrected chi connectivity index (χ0v) is 11.8. The second-order valence-corrected chi connectivity index (χ2v) is 7.26. The molecule has 0 bridgehead atoms. The first-order chi connectivity index (χ1) is 9.04. The van der Waals surface area contributed by atoms with E-state index in [9.17, 15) is 13.0 Å². The molecule has 0 saturated heterocycles. The minimum absolute atomic E-state index is 0.0298. The molecular formula is C14H12O3PS+. The summed E-state index contributed by atoms with van der Waals surface area (Å²) in [6.07, 6.45) is 5.65. The van der Waals surface area contributed by atoms with Crippen LogP contribution in [0.5, 0.6) is 0 Å². The van der Waals surface area contributed by atoms with Crippen LogP contribution in [0.2, 0.25) is 0 Å².